The molecule has 10 nitrogen and oxygen atoms in total. The summed E-state index contributed by atoms with van der Waals surface area (Å²) in [5, 5.41) is 10.4. The van der Waals surface area contributed by atoms with Gasteiger partial charge in [-0.2, -0.15) is 16.8 Å². The maximum absolute atomic E-state index is 14.3. The molecule has 1 amide bonds. The van der Waals surface area contributed by atoms with Gasteiger partial charge in [-0.3, -0.25) is 4.79 Å². The number of aromatic hydroxyl groups is 1. The maximum Gasteiger partial charge on any atom is 0.339 e. The number of phenolic OH excluding ortho intramolecular Hbond substituents is 1. The van der Waals surface area contributed by atoms with E-state index in [4.69, 9.17) is 13.1 Å². The van der Waals surface area contributed by atoms with Crippen LogP contribution < -0.4 is 13.1 Å². The van der Waals surface area contributed by atoms with Crippen molar-refractivity contribution in [2.24, 2.45) is 0 Å². The first-order valence-corrected chi connectivity index (χ1v) is 17.7. The Hall–Kier alpha value is -5.33. The van der Waals surface area contributed by atoms with Crippen LogP contribution in [-0.2, 0) is 39.9 Å². The van der Waals surface area contributed by atoms with E-state index in [0.29, 0.717) is 11.1 Å². The second-order valence-electron chi connectivity index (χ2n) is 11.3. The number of amides is 1. The highest BCUT2D eigenvalue weighted by molar-refractivity contribution is 7.87. The predicted molar refractivity (Wildman–Crippen MR) is 177 cm³/mol. The van der Waals surface area contributed by atoms with Gasteiger partial charge in [-0.15, -0.1) is 0 Å². The Kier molecular flexibility index (Phi) is 8.87. The average molecular weight is 686 g/mol. The van der Waals surface area contributed by atoms with Crippen molar-refractivity contribution in [2.45, 2.75) is 43.3 Å². The van der Waals surface area contributed by atoms with Crippen LogP contribution in [0.5, 0.6) is 23.0 Å². The lowest BCUT2D eigenvalue weighted by Gasteiger charge is -2.22. The van der Waals surface area contributed by atoms with Gasteiger partial charge in [0, 0.05) is 24.2 Å². The molecule has 0 fully saturated rings. The minimum Gasteiger partial charge on any atom is -0.508 e. The van der Waals surface area contributed by atoms with Gasteiger partial charge in [0.15, 0.2) is 5.75 Å². The first-order chi connectivity index (χ1) is 22.9. The Bertz CT molecular complexity index is 2200. The van der Waals surface area contributed by atoms with Gasteiger partial charge in [-0.1, -0.05) is 77.9 Å². The van der Waals surface area contributed by atoms with E-state index in [1.54, 1.807) is 67.6 Å². The number of ether oxygens (including phenoxy) is 1. The third-order valence-corrected chi connectivity index (χ3v) is 10.3. The molecule has 0 atom stereocenters. The molecule has 1 N–H and O–H groups in total. The topological polar surface area (TPSA) is 137 Å². The van der Waals surface area contributed by atoms with Crippen LogP contribution in [-0.4, -0.2) is 32.7 Å². The lowest BCUT2D eigenvalue weighted by atomic mass is 10.1. The first-order valence-electron chi connectivity index (χ1n) is 14.9. The number of carbonyl (C=O) groups excluding carboxylic acids is 1. The second kappa shape index (κ2) is 13.1. The van der Waals surface area contributed by atoms with Gasteiger partial charge in [0.1, 0.15) is 39.2 Å². The summed E-state index contributed by atoms with van der Waals surface area (Å²) in [4.78, 5) is 15.4. The van der Waals surface area contributed by atoms with Gasteiger partial charge in [0.05, 0.1) is 6.54 Å². The number of fused-ring (bicyclic) bond motifs is 1. The number of hydrogen-bond donors (Lipinski definition) is 1. The van der Waals surface area contributed by atoms with E-state index in [1.807, 2.05) is 13.0 Å². The molecule has 1 aliphatic rings. The van der Waals surface area contributed by atoms with E-state index in [9.17, 15) is 26.7 Å². The summed E-state index contributed by atoms with van der Waals surface area (Å²) >= 11 is 0. The van der Waals surface area contributed by atoms with Gasteiger partial charge in [-0.25, -0.2) is 0 Å². The number of carbonyl (C=O) groups is 1. The molecule has 48 heavy (non-hydrogen) atoms. The number of phenols is 1. The molecule has 0 radical (unpaired) electrons. The summed E-state index contributed by atoms with van der Waals surface area (Å²) in [5.74, 6) is -1.66. The van der Waals surface area contributed by atoms with Crippen molar-refractivity contribution >= 4 is 26.1 Å². The van der Waals surface area contributed by atoms with Crippen molar-refractivity contribution in [3.63, 3.8) is 0 Å². The third kappa shape index (κ3) is 6.99. The minimum atomic E-state index is -4.54. The van der Waals surface area contributed by atoms with Crippen LogP contribution >= 0.6 is 0 Å². The van der Waals surface area contributed by atoms with Gasteiger partial charge in [0.25, 0.3) is 5.91 Å². The molecule has 0 unspecified atom stereocenters. The zero-order valence-corrected chi connectivity index (χ0v) is 27.6. The van der Waals surface area contributed by atoms with E-state index in [0.717, 1.165) is 22.8 Å². The van der Waals surface area contributed by atoms with Crippen LogP contribution in [0.3, 0.4) is 0 Å². The fourth-order valence-electron chi connectivity index (χ4n) is 5.20. The van der Waals surface area contributed by atoms with E-state index in [2.05, 4.69) is 0 Å². The van der Waals surface area contributed by atoms with Crippen LogP contribution in [0.4, 0.5) is 0 Å². The maximum atomic E-state index is 14.3. The molecule has 0 aliphatic carbocycles. The second-order valence-corrected chi connectivity index (χ2v) is 14.4. The van der Waals surface area contributed by atoms with Crippen molar-refractivity contribution in [3.05, 3.63) is 143 Å². The average Bonchev–Trinajstić information content (AvgIpc) is 3.50. The monoisotopic (exact) mass is 685 g/mol. The highest BCUT2D eigenvalue weighted by atomic mass is 32.2. The summed E-state index contributed by atoms with van der Waals surface area (Å²) in [5.41, 5.74) is 3.37. The summed E-state index contributed by atoms with van der Waals surface area (Å²) in [6, 6.07) is 28.1. The van der Waals surface area contributed by atoms with Crippen molar-refractivity contribution in [2.75, 3.05) is 0 Å². The first kappa shape index (κ1) is 32.6. The van der Waals surface area contributed by atoms with Crippen molar-refractivity contribution in [1.29, 1.82) is 0 Å². The summed E-state index contributed by atoms with van der Waals surface area (Å²) < 4.78 is 71.0. The predicted octanol–water partition coefficient (Wildman–Crippen LogP) is 6.28. The molecule has 0 bridgehead atoms. The summed E-state index contributed by atoms with van der Waals surface area (Å²) in [6.45, 7) is 3.70. The molecule has 0 spiro atoms. The number of rotatable bonds is 10. The Balaban J connectivity index is 1.47. The zero-order valence-electron chi connectivity index (χ0n) is 26.0. The lowest BCUT2D eigenvalue weighted by Crippen LogP contribution is -2.27. The number of hydrogen-bond acceptors (Lipinski definition) is 9. The van der Waals surface area contributed by atoms with Gasteiger partial charge in [-0.05, 0) is 55.3 Å². The smallest absolute Gasteiger partial charge is 0.339 e. The summed E-state index contributed by atoms with van der Waals surface area (Å²) in [7, 11) is -8.95. The highest BCUT2D eigenvalue weighted by Crippen LogP contribution is 2.40. The normalized spacial score (nSPS) is 12.8. The molecular formula is C36H31NO9S2. The molecule has 5 aromatic carbocycles. The molecule has 12 heteroatoms. The highest BCUT2D eigenvalue weighted by Gasteiger charge is 2.33. The third-order valence-electron chi connectivity index (χ3n) is 7.76. The minimum absolute atomic E-state index is 0.0202. The number of nitrogens with zero attached hydrogens (tertiary/aromatic N) is 1. The molecule has 6 rings (SSSR count). The van der Waals surface area contributed by atoms with Crippen LogP contribution in [0.25, 0.3) is 0 Å². The Morgan fingerprint density at radius 2 is 1.29 bits per heavy atom. The molecule has 1 heterocycles. The van der Waals surface area contributed by atoms with Gasteiger partial charge >= 0.3 is 20.2 Å². The Morgan fingerprint density at radius 3 is 1.90 bits per heavy atom. The van der Waals surface area contributed by atoms with E-state index < -0.39 is 31.9 Å². The van der Waals surface area contributed by atoms with Crippen molar-refractivity contribution in [1.82, 2.24) is 4.90 Å². The standard InChI is InChI=1S/C36H31NO9S2/c1-24-11-15-29(16-12-24)47(40,41)45-28-19-33(44-23-26-7-4-3-5-8-26)35(36(39)37-21-27-9-6-10-32(38)31(27)22-37)34(20-28)46-48(42,43)30-17-13-25(2)14-18-30/h3-20,38H,21-23H2,1-2H3. The number of aryl methyl sites for hydroxylation is 2. The van der Waals surface area contributed by atoms with Crippen LogP contribution in [0.15, 0.2) is 119 Å². The molecule has 246 valence electrons. The Morgan fingerprint density at radius 1 is 0.708 bits per heavy atom. The lowest BCUT2D eigenvalue weighted by molar-refractivity contribution is 0.0744. The van der Waals surface area contributed by atoms with Crippen LogP contribution in [0, 0.1) is 13.8 Å². The molecule has 0 saturated heterocycles. The zero-order chi connectivity index (χ0) is 34.1. The number of benzene rings is 5. The van der Waals surface area contributed by atoms with Gasteiger partial charge < -0.3 is 23.1 Å². The fraction of sp³-hybridized carbons (Fsp3) is 0.139. The van der Waals surface area contributed by atoms with E-state index in [1.165, 1.54) is 41.3 Å². The van der Waals surface area contributed by atoms with E-state index >= 15 is 0 Å². The summed E-state index contributed by atoms with van der Waals surface area (Å²) in [6.07, 6.45) is 0. The Labute approximate surface area is 279 Å². The largest absolute Gasteiger partial charge is 0.508 e. The molecule has 0 aromatic heterocycles. The SMILES string of the molecule is Cc1ccc(S(=O)(=O)Oc2cc(OCc3ccccc3)c(C(=O)N3Cc4cccc(O)c4C3)c(OS(=O)(=O)c3ccc(C)cc3)c2)cc1. The van der Waals surface area contributed by atoms with Crippen molar-refractivity contribution < 1.29 is 39.8 Å². The van der Waals surface area contributed by atoms with Crippen LogP contribution in [0.2, 0.25) is 0 Å². The van der Waals surface area contributed by atoms with E-state index in [-0.39, 0.29) is 52.3 Å². The van der Waals surface area contributed by atoms with Gasteiger partial charge in [0.2, 0.25) is 0 Å². The van der Waals surface area contributed by atoms with Crippen LogP contribution in [0.1, 0.15) is 38.2 Å². The molecular weight excluding hydrogens is 655 g/mol. The molecule has 0 saturated carbocycles. The quantitative estimate of drug-likeness (QED) is 0.169. The molecule has 1 aliphatic heterocycles. The fourth-order valence-corrected chi connectivity index (χ4v) is 7.05. The molecule has 5 aromatic rings. The van der Waals surface area contributed by atoms with Crippen molar-refractivity contribution in [3.8, 4) is 23.0 Å².